The van der Waals surface area contributed by atoms with E-state index in [1.165, 1.54) is 18.2 Å². The van der Waals surface area contributed by atoms with Gasteiger partial charge in [0.05, 0.1) is 21.8 Å². The second-order valence-electron chi connectivity index (χ2n) is 7.00. The van der Waals surface area contributed by atoms with Gasteiger partial charge in [-0.1, -0.05) is 30.3 Å². The number of benzene rings is 3. The highest BCUT2D eigenvalue weighted by Crippen LogP contribution is 2.24. The average molecular weight is 474 g/mol. The molecule has 0 heterocycles. The second kappa shape index (κ2) is 10.7. The fraction of sp³-hybridized carbons (Fsp3) is 0.130. The molecule has 0 bridgehead atoms. The van der Waals surface area contributed by atoms with Crippen LogP contribution in [0, 0.1) is 11.6 Å². The van der Waals surface area contributed by atoms with E-state index in [1.807, 2.05) is 0 Å². The van der Waals surface area contributed by atoms with Crippen LogP contribution in [0.25, 0.3) is 0 Å². The molecule has 3 aromatic rings. The predicted molar refractivity (Wildman–Crippen MR) is 120 cm³/mol. The summed E-state index contributed by atoms with van der Waals surface area (Å²) in [5, 5.41) is 5.11. The van der Waals surface area contributed by atoms with Crippen molar-refractivity contribution in [1.29, 1.82) is 0 Å². The Morgan fingerprint density at radius 1 is 0.848 bits per heavy atom. The van der Waals surface area contributed by atoms with Crippen molar-refractivity contribution in [2.24, 2.45) is 0 Å². The molecule has 3 N–H and O–H groups in total. The lowest BCUT2D eigenvalue weighted by Gasteiger charge is -2.13. The van der Waals surface area contributed by atoms with Crippen molar-refractivity contribution in [3.8, 4) is 0 Å². The van der Waals surface area contributed by atoms with Gasteiger partial charge < -0.3 is 10.6 Å². The zero-order chi connectivity index (χ0) is 23.8. The summed E-state index contributed by atoms with van der Waals surface area (Å²) in [6, 6.07) is 16.8. The molecule has 0 aliphatic carbocycles. The molecule has 0 atom stereocenters. The first kappa shape index (κ1) is 23.9. The number of hydrogen-bond acceptors (Lipinski definition) is 4. The number of rotatable bonds is 9. The molecular formula is C23H21F2N3O4S. The topological polar surface area (TPSA) is 104 Å². The van der Waals surface area contributed by atoms with Crippen molar-refractivity contribution in [2.75, 3.05) is 16.6 Å². The number of sulfonamides is 1. The number of amides is 2. The van der Waals surface area contributed by atoms with Gasteiger partial charge in [-0.05, 0) is 42.8 Å². The van der Waals surface area contributed by atoms with Crippen molar-refractivity contribution in [3.63, 3.8) is 0 Å². The zero-order valence-electron chi connectivity index (χ0n) is 17.3. The molecule has 0 spiro atoms. The van der Waals surface area contributed by atoms with Crippen molar-refractivity contribution in [3.05, 3.63) is 90.0 Å². The molecular weight excluding hydrogens is 452 g/mol. The maximum atomic E-state index is 13.6. The minimum Gasteiger partial charge on any atom is -0.352 e. The molecule has 0 fully saturated rings. The number of anilines is 2. The Kier molecular flexibility index (Phi) is 7.73. The summed E-state index contributed by atoms with van der Waals surface area (Å²) in [6.07, 6.45) is 0.268. The van der Waals surface area contributed by atoms with Crippen LogP contribution in [0.4, 0.5) is 20.2 Å². The van der Waals surface area contributed by atoms with E-state index in [9.17, 15) is 26.8 Å². The summed E-state index contributed by atoms with van der Waals surface area (Å²) in [5.41, 5.74) is 0.190. The number of carbonyl (C=O) groups is 2. The quantitative estimate of drug-likeness (QED) is 0.410. The number of halogens is 2. The van der Waals surface area contributed by atoms with Crippen molar-refractivity contribution in [1.82, 2.24) is 5.32 Å². The van der Waals surface area contributed by atoms with E-state index in [-0.39, 0.29) is 41.2 Å². The van der Waals surface area contributed by atoms with Crippen LogP contribution in [0.2, 0.25) is 0 Å². The van der Waals surface area contributed by atoms with Crippen molar-refractivity contribution < 1.29 is 26.8 Å². The zero-order valence-corrected chi connectivity index (χ0v) is 18.2. The third kappa shape index (κ3) is 6.59. The predicted octanol–water partition coefficient (Wildman–Crippen LogP) is 3.91. The molecule has 0 aliphatic rings. The number of hydrogen-bond donors (Lipinski definition) is 3. The fourth-order valence-electron chi connectivity index (χ4n) is 2.92. The SMILES string of the molecule is O=C(CCCNC(=O)c1ccc(F)cc1F)Nc1ccccc1NS(=O)(=O)c1ccccc1. The van der Waals surface area contributed by atoms with E-state index in [2.05, 4.69) is 15.4 Å². The smallest absolute Gasteiger partial charge is 0.261 e. The van der Waals surface area contributed by atoms with Gasteiger partial charge in [-0.25, -0.2) is 17.2 Å². The van der Waals surface area contributed by atoms with E-state index in [0.29, 0.717) is 6.07 Å². The van der Waals surface area contributed by atoms with Crippen LogP contribution in [-0.4, -0.2) is 26.8 Å². The maximum absolute atomic E-state index is 13.6. The first-order valence-corrected chi connectivity index (χ1v) is 11.4. The summed E-state index contributed by atoms with van der Waals surface area (Å²) in [5.74, 6) is -2.87. The molecule has 0 radical (unpaired) electrons. The van der Waals surface area contributed by atoms with Gasteiger partial charge >= 0.3 is 0 Å². The van der Waals surface area contributed by atoms with E-state index >= 15 is 0 Å². The summed E-state index contributed by atoms with van der Waals surface area (Å²) in [6.45, 7) is 0.0886. The van der Waals surface area contributed by atoms with E-state index < -0.39 is 33.5 Å². The van der Waals surface area contributed by atoms with Gasteiger partial charge in [0.25, 0.3) is 15.9 Å². The van der Waals surface area contributed by atoms with Crippen LogP contribution in [0.5, 0.6) is 0 Å². The first-order chi connectivity index (χ1) is 15.8. The van der Waals surface area contributed by atoms with Gasteiger partial charge in [0.15, 0.2) is 0 Å². The van der Waals surface area contributed by atoms with Crippen LogP contribution in [0.15, 0.2) is 77.7 Å². The monoisotopic (exact) mass is 473 g/mol. The molecule has 2 amide bonds. The second-order valence-corrected chi connectivity index (χ2v) is 8.68. The number of para-hydroxylation sites is 2. The molecule has 172 valence electrons. The highest BCUT2D eigenvalue weighted by Gasteiger charge is 2.16. The molecule has 7 nitrogen and oxygen atoms in total. The van der Waals surface area contributed by atoms with Gasteiger partial charge in [-0.3, -0.25) is 14.3 Å². The van der Waals surface area contributed by atoms with Gasteiger partial charge in [-0.2, -0.15) is 0 Å². The van der Waals surface area contributed by atoms with Crippen molar-refractivity contribution >= 4 is 33.2 Å². The molecule has 0 saturated heterocycles. The summed E-state index contributed by atoms with van der Waals surface area (Å²) in [4.78, 5) is 24.4. The minimum atomic E-state index is -3.84. The Bertz CT molecular complexity index is 1250. The summed E-state index contributed by atoms with van der Waals surface area (Å²) >= 11 is 0. The first-order valence-electron chi connectivity index (χ1n) is 9.96. The Hall–Kier alpha value is -3.79. The highest BCUT2D eigenvalue weighted by atomic mass is 32.2. The Morgan fingerprint density at radius 3 is 2.21 bits per heavy atom. The lowest BCUT2D eigenvalue weighted by atomic mass is 10.2. The van der Waals surface area contributed by atoms with Crippen LogP contribution >= 0.6 is 0 Å². The fourth-order valence-corrected chi connectivity index (χ4v) is 4.02. The van der Waals surface area contributed by atoms with Crippen molar-refractivity contribution in [2.45, 2.75) is 17.7 Å². The van der Waals surface area contributed by atoms with E-state index in [1.54, 1.807) is 36.4 Å². The third-order valence-electron chi connectivity index (χ3n) is 4.54. The maximum Gasteiger partial charge on any atom is 0.261 e. The molecule has 3 aromatic carbocycles. The van der Waals surface area contributed by atoms with Gasteiger partial charge in [0.2, 0.25) is 5.91 Å². The third-order valence-corrected chi connectivity index (χ3v) is 5.92. The lowest BCUT2D eigenvalue weighted by Crippen LogP contribution is -2.26. The Morgan fingerprint density at radius 2 is 1.52 bits per heavy atom. The van der Waals surface area contributed by atoms with Crippen LogP contribution in [0.1, 0.15) is 23.2 Å². The molecule has 0 unspecified atom stereocenters. The van der Waals surface area contributed by atoms with Gasteiger partial charge in [0.1, 0.15) is 11.6 Å². The highest BCUT2D eigenvalue weighted by molar-refractivity contribution is 7.92. The normalized spacial score (nSPS) is 11.0. The summed E-state index contributed by atoms with van der Waals surface area (Å²) < 4.78 is 54.1. The molecule has 0 saturated carbocycles. The van der Waals surface area contributed by atoms with Gasteiger partial charge in [0, 0.05) is 19.0 Å². The van der Waals surface area contributed by atoms with Crippen LogP contribution in [0.3, 0.4) is 0 Å². The van der Waals surface area contributed by atoms with Gasteiger partial charge in [-0.15, -0.1) is 0 Å². The molecule has 10 heteroatoms. The lowest BCUT2D eigenvalue weighted by molar-refractivity contribution is -0.116. The Labute approximate surface area is 189 Å². The Balaban J connectivity index is 1.53. The minimum absolute atomic E-state index is 0.0198. The molecule has 0 aromatic heterocycles. The van der Waals surface area contributed by atoms with Crippen LogP contribution < -0.4 is 15.4 Å². The molecule has 0 aliphatic heterocycles. The molecule has 3 rings (SSSR count). The number of carbonyl (C=O) groups excluding carboxylic acids is 2. The largest absolute Gasteiger partial charge is 0.352 e. The standard InChI is InChI=1S/C23H21F2N3O4S/c24-16-12-13-18(19(25)15-16)23(30)26-14-6-11-22(29)27-20-9-4-5-10-21(20)28-33(31,32)17-7-2-1-3-8-17/h1-5,7-10,12-13,15,28H,6,11,14H2,(H,26,30)(H,27,29). The summed E-state index contributed by atoms with van der Waals surface area (Å²) in [7, 11) is -3.84. The number of nitrogens with one attached hydrogen (secondary N) is 3. The molecule has 33 heavy (non-hydrogen) atoms. The van der Waals surface area contributed by atoms with Crippen LogP contribution in [-0.2, 0) is 14.8 Å². The van der Waals surface area contributed by atoms with E-state index in [0.717, 1.165) is 12.1 Å². The average Bonchev–Trinajstić information content (AvgIpc) is 2.78. The van der Waals surface area contributed by atoms with E-state index in [4.69, 9.17) is 0 Å².